The van der Waals surface area contributed by atoms with E-state index >= 15 is 0 Å². The molecule has 0 fully saturated rings. The Hall–Kier alpha value is -0.110. The lowest BCUT2D eigenvalue weighted by molar-refractivity contribution is 0.351. The van der Waals surface area contributed by atoms with Gasteiger partial charge < -0.3 is 4.90 Å². The number of hydrogen-bond acceptors (Lipinski definition) is 1. The highest BCUT2D eigenvalue weighted by molar-refractivity contribution is 7.78. The van der Waals surface area contributed by atoms with E-state index in [1.165, 1.54) is 6.42 Å². The Kier molecular flexibility index (Phi) is 4.68. The second-order valence-corrected chi connectivity index (χ2v) is 2.40. The zero-order valence-electron chi connectivity index (χ0n) is 6.42. The molecule has 1 nitrogen and oxygen atoms in total. The lowest BCUT2D eigenvalue weighted by Crippen LogP contribution is -2.29. The van der Waals surface area contributed by atoms with Crippen LogP contribution in [0.2, 0.25) is 0 Å². The van der Waals surface area contributed by atoms with Gasteiger partial charge in [0.25, 0.3) is 0 Å². The highest BCUT2D eigenvalue weighted by Gasteiger charge is 2.02. The smallest absolute Gasteiger partial charge is 0.0643 e. The first-order valence-corrected chi connectivity index (χ1v) is 3.94. The van der Waals surface area contributed by atoms with Gasteiger partial charge in [-0.3, -0.25) is 0 Å². The van der Waals surface area contributed by atoms with Gasteiger partial charge in [-0.25, -0.2) is 0 Å². The maximum atomic E-state index is 4.82. The molecule has 0 N–H and O–H groups in total. The minimum atomic E-state index is 0.604. The summed E-state index contributed by atoms with van der Waals surface area (Å²) in [5.74, 6) is 0. The monoisotopic (exact) mass is 145 g/mol. The van der Waals surface area contributed by atoms with Crippen LogP contribution in [0.5, 0.6) is 0 Å². The van der Waals surface area contributed by atoms with Crippen molar-refractivity contribution in [3.63, 3.8) is 0 Å². The topological polar surface area (TPSA) is 3.24 Å². The van der Waals surface area contributed by atoms with Crippen molar-refractivity contribution < 1.29 is 0 Å². The molecule has 0 rings (SSSR count). The molecule has 0 aliphatic rings. The van der Waals surface area contributed by atoms with E-state index in [0.29, 0.717) is 6.04 Å². The predicted molar refractivity (Wildman–Crippen MR) is 45.8 cm³/mol. The molecule has 0 amide bonds. The zero-order valence-corrected chi connectivity index (χ0v) is 7.24. The molecule has 0 aromatic heterocycles. The van der Waals surface area contributed by atoms with Crippen molar-refractivity contribution in [3.05, 3.63) is 0 Å². The van der Waals surface area contributed by atoms with E-state index in [0.717, 1.165) is 6.54 Å². The van der Waals surface area contributed by atoms with E-state index in [2.05, 4.69) is 25.7 Å². The van der Waals surface area contributed by atoms with E-state index < -0.39 is 0 Å². The molecule has 0 saturated carbocycles. The molecule has 0 aliphatic carbocycles. The number of nitrogens with zero attached hydrogens (tertiary/aromatic N) is 1. The van der Waals surface area contributed by atoms with Crippen LogP contribution in [-0.4, -0.2) is 23.0 Å². The third-order valence-corrected chi connectivity index (χ3v) is 1.93. The second kappa shape index (κ2) is 4.74. The highest BCUT2D eigenvalue weighted by Crippen LogP contribution is 1.98. The van der Waals surface area contributed by atoms with Gasteiger partial charge in [-0.2, -0.15) is 0 Å². The standard InChI is InChI=1S/C7H15NS/c1-4-7(3)8(5-2)6-9/h6-7H,4-5H2,1-3H3. The molecule has 1 atom stereocenters. The fraction of sp³-hybridized carbons (Fsp3) is 0.857. The summed E-state index contributed by atoms with van der Waals surface area (Å²) in [7, 11) is 0. The molecule has 0 spiro atoms. The van der Waals surface area contributed by atoms with E-state index in [-0.39, 0.29) is 0 Å². The highest BCUT2D eigenvalue weighted by atomic mass is 32.1. The Bertz CT molecular complexity index is 83.0. The van der Waals surface area contributed by atoms with Gasteiger partial charge in [-0.05, 0) is 20.3 Å². The van der Waals surface area contributed by atoms with Crippen molar-refractivity contribution in [2.45, 2.75) is 33.2 Å². The van der Waals surface area contributed by atoms with E-state index in [1.54, 1.807) is 5.49 Å². The Morgan fingerprint density at radius 3 is 2.22 bits per heavy atom. The summed E-state index contributed by atoms with van der Waals surface area (Å²) in [4.78, 5) is 2.16. The lowest BCUT2D eigenvalue weighted by Gasteiger charge is -2.23. The van der Waals surface area contributed by atoms with Crippen molar-refractivity contribution in [3.8, 4) is 0 Å². The van der Waals surface area contributed by atoms with Crippen LogP contribution in [0.4, 0.5) is 0 Å². The summed E-state index contributed by atoms with van der Waals surface area (Å²) in [6, 6.07) is 0.604. The van der Waals surface area contributed by atoms with E-state index in [1.807, 2.05) is 0 Å². The van der Waals surface area contributed by atoms with Crippen molar-refractivity contribution >= 4 is 17.7 Å². The van der Waals surface area contributed by atoms with Crippen molar-refractivity contribution in [1.82, 2.24) is 4.90 Å². The lowest BCUT2D eigenvalue weighted by atomic mass is 10.2. The summed E-state index contributed by atoms with van der Waals surface area (Å²) < 4.78 is 0. The van der Waals surface area contributed by atoms with Gasteiger partial charge >= 0.3 is 0 Å². The van der Waals surface area contributed by atoms with Gasteiger partial charge in [0.05, 0.1) is 5.49 Å². The first-order chi connectivity index (χ1) is 4.26. The number of hydrogen-bond donors (Lipinski definition) is 0. The molecular formula is C7H15NS. The van der Waals surface area contributed by atoms with Crippen LogP contribution >= 0.6 is 12.2 Å². The van der Waals surface area contributed by atoms with Crippen LogP contribution in [-0.2, 0) is 0 Å². The second-order valence-electron chi connectivity index (χ2n) is 2.19. The molecule has 0 radical (unpaired) electrons. The third-order valence-electron chi connectivity index (χ3n) is 1.66. The van der Waals surface area contributed by atoms with Gasteiger partial charge in [0.2, 0.25) is 0 Å². The van der Waals surface area contributed by atoms with Gasteiger partial charge in [0.1, 0.15) is 0 Å². The summed E-state index contributed by atoms with van der Waals surface area (Å²) >= 11 is 4.82. The maximum Gasteiger partial charge on any atom is 0.0643 e. The molecule has 0 saturated heterocycles. The third kappa shape index (κ3) is 2.80. The van der Waals surface area contributed by atoms with Gasteiger partial charge in [0, 0.05) is 12.6 Å². The fourth-order valence-electron chi connectivity index (χ4n) is 0.725. The Morgan fingerprint density at radius 2 is 2.11 bits per heavy atom. The first-order valence-electron chi connectivity index (χ1n) is 3.47. The maximum absolute atomic E-state index is 4.82. The average Bonchev–Trinajstić information content (AvgIpc) is 1.90. The normalized spacial score (nSPS) is 12.8. The molecule has 2 heteroatoms. The molecule has 0 aromatic rings. The molecule has 54 valence electrons. The van der Waals surface area contributed by atoms with Gasteiger partial charge in [-0.15, -0.1) is 0 Å². The Labute approximate surface area is 63.0 Å². The molecular weight excluding hydrogens is 130 g/mol. The summed E-state index contributed by atoms with van der Waals surface area (Å²) in [6.07, 6.45) is 1.17. The molecule has 0 heterocycles. The molecule has 0 aliphatic heterocycles. The van der Waals surface area contributed by atoms with Crippen molar-refractivity contribution in [2.24, 2.45) is 0 Å². The number of thiocarbonyl (C=S) groups is 1. The van der Waals surface area contributed by atoms with Crippen LogP contribution in [0, 0.1) is 0 Å². The SMILES string of the molecule is CCC(C)N(C=S)CC. The summed E-state index contributed by atoms with van der Waals surface area (Å²) in [5.41, 5.74) is 1.74. The fourth-order valence-corrected chi connectivity index (χ4v) is 1.08. The first kappa shape index (κ1) is 8.89. The molecule has 9 heavy (non-hydrogen) atoms. The summed E-state index contributed by atoms with van der Waals surface area (Å²) in [6.45, 7) is 7.51. The Balaban J connectivity index is 3.63. The Morgan fingerprint density at radius 1 is 1.56 bits per heavy atom. The molecule has 1 unspecified atom stereocenters. The minimum absolute atomic E-state index is 0.604. The van der Waals surface area contributed by atoms with Crippen LogP contribution in [0.15, 0.2) is 0 Å². The quantitative estimate of drug-likeness (QED) is 0.557. The van der Waals surface area contributed by atoms with Gasteiger partial charge in [0.15, 0.2) is 0 Å². The van der Waals surface area contributed by atoms with E-state index in [9.17, 15) is 0 Å². The summed E-state index contributed by atoms with van der Waals surface area (Å²) in [5, 5.41) is 0. The largest absolute Gasteiger partial charge is 0.366 e. The predicted octanol–water partition coefficient (Wildman–Crippen LogP) is 2.06. The molecule has 0 aromatic carbocycles. The van der Waals surface area contributed by atoms with Crippen molar-refractivity contribution in [2.75, 3.05) is 6.54 Å². The molecule has 0 bridgehead atoms. The van der Waals surface area contributed by atoms with Crippen LogP contribution in [0.3, 0.4) is 0 Å². The average molecular weight is 145 g/mol. The van der Waals surface area contributed by atoms with Crippen LogP contribution < -0.4 is 0 Å². The van der Waals surface area contributed by atoms with Crippen LogP contribution in [0.1, 0.15) is 27.2 Å². The minimum Gasteiger partial charge on any atom is -0.366 e. The number of rotatable bonds is 4. The van der Waals surface area contributed by atoms with Crippen LogP contribution in [0.25, 0.3) is 0 Å². The van der Waals surface area contributed by atoms with Gasteiger partial charge in [-0.1, -0.05) is 19.1 Å². The zero-order chi connectivity index (χ0) is 7.28. The van der Waals surface area contributed by atoms with Crippen molar-refractivity contribution in [1.29, 1.82) is 0 Å². The van der Waals surface area contributed by atoms with E-state index in [4.69, 9.17) is 12.2 Å².